The van der Waals surface area contributed by atoms with Gasteiger partial charge in [0.2, 0.25) is 5.91 Å². The summed E-state index contributed by atoms with van der Waals surface area (Å²) >= 11 is 3.43. The monoisotopic (exact) mass is 325 g/mol. The minimum atomic E-state index is -0.0536. The summed E-state index contributed by atoms with van der Waals surface area (Å²) in [6.45, 7) is 6.65. The van der Waals surface area contributed by atoms with Gasteiger partial charge in [-0.2, -0.15) is 0 Å². The summed E-state index contributed by atoms with van der Waals surface area (Å²) in [6, 6.07) is 7.96. The van der Waals surface area contributed by atoms with Crippen LogP contribution in [0.4, 0.5) is 0 Å². The highest BCUT2D eigenvalue weighted by Crippen LogP contribution is 2.32. The molecule has 0 aliphatic carbocycles. The molecule has 1 saturated heterocycles. The van der Waals surface area contributed by atoms with Gasteiger partial charge < -0.3 is 10.1 Å². The zero-order valence-electron chi connectivity index (χ0n) is 11.5. The Balaban J connectivity index is 1.95. The molecule has 104 valence electrons. The van der Waals surface area contributed by atoms with Crippen LogP contribution in [0.1, 0.15) is 26.3 Å². The standard InChI is InChI=1S/C15H20BrNO2/c1-9-10(2)19-11(3)14(9)15(18)17-8-12-5-4-6-13(16)7-12/h4-7,9-11,14H,8H2,1-3H3,(H,17,18). The van der Waals surface area contributed by atoms with Gasteiger partial charge in [0.25, 0.3) is 0 Å². The van der Waals surface area contributed by atoms with Gasteiger partial charge in [0.15, 0.2) is 0 Å². The molecule has 4 atom stereocenters. The summed E-state index contributed by atoms with van der Waals surface area (Å²) in [7, 11) is 0. The van der Waals surface area contributed by atoms with Crippen LogP contribution in [0.25, 0.3) is 0 Å². The van der Waals surface area contributed by atoms with E-state index in [0.29, 0.717) is 6.54 Å². The SMILES string of the molecule is CC1OC(C)C(C(=O)NCc2cccc(Br)c2)C1C. The van der Waals surface area contributed by atoms with E-state index in [0.717, 1.165) is 10.0 Å². The minimum Gasteiger partial charge on any atom is -0.374 e. The third kappa shape index (κ3) is 3.37. The van der Waals surface area contributed by atoms with Crippen LogP contribution in [0.3, 0.4) is 0 Å². The second kappa shape index (κ2) is 6.06. The molecule has 4 unspecified atom stereocenters. The fourth-order valence-corrected chi connectivity index (χ4v) is 3.12. The first-order chi connectivity index (χ1) is 8.99. The van der Waals surface area contributed by atoms with Crippen LogP contribution in [0, 0.1) is 11.8 Å². The molecule has 0 bridgehead atoms. The average Bonchev–Trinajstić information content (AvgIpc) is 2.61. The molecule has 0 spiro atoms. The topological polar surface area (TPSA) is 38.3 Å². The number of rotatable bonds is 3. The van der Waals surface area contributed by atoms with Gasteiger partial charge in [-0.05, 0) is 37.5 Å². The summed E-state index contributed by atoms with van der Waals surface area (Å²) in [4.78, 5) is 12.3. The Kier molecular flexibility index (Phi) is 4.63. The lowest BCUT2D eigenvalue weighted by Gasteiger charge is -2.18. The highest BCUT2D eigenvalue weighted by Gasteiger charge is 2.41. The maximum absolute atomic E-state index is 12.3. The molecular weight excluding hydrogens is 306 g/mol. The number of hydrogen-bond acceptors (Lipinski definition) is 2. The number of carbonyl (C=O) groups is 1. The normalized spacial score (nSPS) is 30.3. The second-order valence-corrected chi connectivity index (χ2v) is 6.19. The Morgan fingerprint density at radius 3 is 2.63 bits per heavy atom. The smallest absolute Gasteiger partial charge is 0.226 e. The fraction of sp³-hybridized carbons (Fsp3) is 0.533. The Bertz CT molecular complexity index is 463. The van der Waals surface area contributed by atoms with Crippen molar-refractivity contribution in [2.24, 2.45) is 11.8 Å². The maximum Gasteiger partial charge on any atom is 0.226 e. The van der Waals surface area contributed by atoms with Crippen LogP contribution in [0.2, 0.25) is 0 Å². The van der Waals surface area contributed by atoms with Crippen molar-refractivity contribution in [3.05, 3.63) is 34.3 Å². The third-order valence-corrected chi connectivity index (χ3v) is 4.39. The molecule has 0 saturated carbocycles. The van der Waals surface area contributed by atoms with E-state index < -0.39 is 0 Å². The molecule has 0 aromatic heterocycles. The van der Waals surface area contributed by atoms with Crippen molar-refractivity contribution in [2.45, 2.75) is 39.5 Å². The van der Waals surface area contributed by atoms with Crippen LogP contribution in [-0.4, -0.2) is 18.1 Å². The van der Waals surface area contributed by atoms with Crippen LogP contribution in [0.5, 0.6) is 0 Å². The van der Waals surface area contributed by atoms with E-state index in [-0.39, 0.29) is 30.0 Å². The third-order valence-electron chi connectivity index (χ3n) is 3.90. The first-order valence-electron chi connectivity index (χ1n) is 6.66. The zero-order valence-corrected chi connectivity index (χ0v) is 13.1. The molecule has 1 N–H and O–H groups in total. The molecule has 2 rings (SSSR count). The Hall–Kier alpha value is -0.870. The van der Waals surface area contributed by atoms with Gasteiger partial charge in [0.05, 0.1) is 18.1 Å². The molecule has 3 nitrogen and oxygen atoms in total. The molecular formula is C15H20BrNO2. The Labute approximate surface area is 122 Å². The highest BCUT2D eigenvalue weighted by molar-refractivity contribution is 9.10. The number of nitrogens with one attached hydrogen (secondary N) is 1. The molecule has 1 aliphatic rings. The van der Waals surface area contributed by atoms with E-state index in [1.165, 1.54) is 0 Å². The first-order valence-corrected chi connectivity index (χ1v) is 7.46. The molecule has 1 aromatic carbocycles. The lowest BCUT2D eigenvalue weighted by molar-refractivity contribution is -0.127. The van der Waals surface area contributed by atoms with E-state index in [2.05, 4.69) is 28.2 Å². The van der Waals surface area contributed by atoms with E-state index in [1.54, 1.807) is 0 Å². The summed E-state index contributed by atoms with van der Waals surface area (Å²) in [6.07, 6.45) is 0.143. The average molecular weight is 326 g/mol. The summed E-state index contributed by atoms with van der Waals surface area (Å²) < 4.78 is 6.74. The van der Waals surface area contributed by atoms with Gasteiger partial charge in [0.1, 0.15) is 0 Å². The quantitative estimate of drug-likeness (QED) is 0.927. The van der Waals surface area contributed by atoms with Gasteiger partial charge in [-0.25, -0.2) is 0 Å². The molecule has 1 aliphatic heterocycles. The number of hydrogen-bond donors (Lipinski definition) is 1. The number of benzene rings is 1. The van der Waals surface area contributed by atoms with E-state index in [9.17, 15) is 4.79 Å². The van der Waals surface area contributed by atoms with Crippen molar-refractivity contribution in [1.29, 1.82) is 0 Å². The van der Waals surface area contributed by atoms with E-state index >= 15 is 0 Å². The minimum absolute atomic E-state index is 0.00694. The highest BCUT2D eigenvalue weighted by atomic mass is 79.9. The van der Waals surface area contributed by atoms with Crippen molar-refractivity contribution >= 4 is 21.8 Å². The molecule has 1 fully saturated rings. The van der Waals surface area contributed by atoms with Gasteiger partial charge in [-0.1, -0.05) is 35.0 Å². The maximum atomic E-state index is 12.3. The lowest BCUT2D eigenvalue weighted by atomic mass is 9.89. The van der Waals surface area contributed by atoms with Gasteiger partial charge >= 0.3 is 0 Å². The predicted octanol–water partition coefficient (Wildman–Crippen LogP) is 3.12. The largest absolute Gasteiger partial charge is 0.374 e. The lowest BCUT2D eigenvalue weighted by Crippen LogP contribution is -2.36. The van der Waals surface area contributed by atoms with Crippen LogP contribution in [0.15, 0.2) is 28.7 Å². The van der Waals surface area contributed by atoms with Gasteiger partial charge in [0, 0.05) is 11.0 Å². The molecule has 1 aromatic rings. The number of ether oxygens (including phenoxy) is 1. The number of halogens is 1. The second-order valence-electron chi connectivity index (χ2n) is 5.28. The fourth-order valence-electron chi connectivity index (χ4n) is 2.67. The molecule has 19 heavy (non-hydrogen) atoms. The van der Waals surface area contributed by atoms with Crippen molar-refractivity contribution in [3.63, 3.8) is 0 Å². The Morgan fingerprint density at radius 1 is 1.32 bits per heavy atom. The predicted molar refractivity (Wildman–Crippen MR) is 78.7 cm³/mol. The van der Waals surface area contributed by atoms with E-state index in [4.69, 9.17) is 4.74 Å². The number of carbonyl (C=O) groups excluding carboxylic acids is 1. The summed E-state index contributed by atoms with van der Waals surface area (Å²) in [5.41, 5.74) is 1.09. The molecule has 0 radical (unpaired) electrons. The zero-order chi connectivity index (χ0) is 14.0. The summed E-state index contributed by atoms with van der Waals surface area (Å²) in [5.74, 6) is 0.295. The van der Waals surface area contributed by atoms with E-state index in [1.807, 2.05) is 38.1 Å². The van der Waals surface area contributed by atoms with Crippen LogP contribution in [-0.2, 0) is 16.1 Å². The molecule has 1 heterocycles. The number of amides is 1. The van der Waals surface area contributed by atoms with Crippen LogP contribution < -0.4 is 5.32 Å². The molecule has 1 amide bonds. The van der Waals surface area contributed by atoms with Gasteiger partial charge in [-0.15, -0.1) is 0 Å². The van der Waals surface area contributed by atoms with Crippen molar-refractivity contribution < 1.29 is 9.53 Å². The Morgan fingerprint density at radius 2 is 2.05 bits per heavy atom. The van der Waals surface area contributed by atoms with Crippen molar-refractivity contribution in [2.75, 3.05) is 0 Å². The van der Waals surface area contributed by atoms with Gasteiger partial charge in [-0.3, -0.25) is 4.79 Å². The van der Waals surface area contributed by atoms with Crippen molar-refractivity contribution in [3.8, 4) is 0 Å². The van der Waals surface area contributed by atoms with Crippen LogP contribution >= 0.6 is 15.9 Å². The first kappa shape index (κ1) is 14.5. The van der Waals surface area contributed by atoms with Crippen molar-refractivity contribution in [1.82, 2.24) is 5.32 Å². The molecule has 4 heteroatoms. The summed E-state index contributed by atoms with van der Waals surface area (Å²) in [5, 5.41) is 3.01.